The van der Waals surface area contributed by atoms with Gasteiger partial charge in [-0.1, -0.05) is 11.6 Å². The average molecular weight is 495 g/mol. The number of aliphatic hydroxyl groups is 1. The maximum Gasteiger partial charge on any atom is 0.253 e. The van der Waals surface area contributed by atoms with Crippen LogP contribution in [0.3, 0.4) is 0 Å². The lowest BCUT2D eigenvalue weighted by molar-refractivity contribution is 0.0107. The van der Waals surface area contributed by atoms with Gasteiger partial charge in [-0.2, -0.15) is 5.26 Å². The second kappa shape index (κ2) is 10.0. The van der Waals surface area contributed by atoms with Gasteiger partial charge in [-0.3, -0.25) is 4.79 Å². The SMILES string of the molecule is N#Cc1ccc(OC2CCC(NC(=O)c3ccc(N4CC5(CC(CCO)C5)C4)nc3)CC2)cc1Cl. The number of amides is 1. The molecule has 1 amide bonds. The summed E-state index contributed by atoms with van der Waals surface area (Å²) in [6.07, 6.45) is 8.46. The highest BCUT2D eigenvalue weighted by Gasteiger charge is 2.52. The molecule has 1 aliphatic heterocycles. The number of ether oxygens (including phenoxy) is 1. The maximum atomic E-state index is 12.7. The Kier molecular flexibility index (Phi) is 6.86. The summed E-state index contributed by atoms with van der Waals surface area (Å²) in [7, 11) is 0. The molecule has 2 heterocycles. The molecule has 0 atom stereocenters. The quantitative estimate of drug-likeness (QED) is 0.594. The molecule has 1 aromatic carbocycles. The number of hydrogen-bond acceptors (Lipinski definition) is 6. The van der Waals surface area contributed by atoms with Gasteiger partial charge in [-0.15, -0.1) is 0 Å². The molecule has 0 unspecified atom stereocenters. The van der Waals surface area contributed by atoms with Gasteiger partial charge in [0.15, 0.2) is 0 Å². The third kappa shape index (κ3) is 5.24. The topological polar surface area (TPSA) is 98.5 Å². The van der Waals surface area contributed by atoms with Crippen molar-refractivity contribution in [1.29, 1.82) is 5.26 Å². The highest BCUT2D eigenvalue weighted by Crippen LogP contribution is 2.53. The van der Waals surface area contributed by atoms with Gasteiger partial charge in [0, 0.05) is 43.4 Å². The number of hydrogen-bond donors (Lipinski definition) is 2. The zero-order chi connectivity index (χ0) is 24.4. The summed E-state index contributed by atoms with van der Waals surface area (Å²) in [5.41, 5.74) is 1.45. The van der Waals surface area contributed by atoms with Crippen molar-refractivity contribution in [2.75, 3.05) is 24.6 Å². The van der Waals surface area contributed by atoms with Crippen LogP contribution in [0.15, 0.2) is 36.5 Å². The Hall–Kier alpha value is -2.82. The second-order valence-electron chi connectivity index (χ2n) is 10.4. The van der Waals surface area contributed by atoms with Gasteiger partial charge in [0.25, 0.3) is 5.91 Å². The summed E-state index contributed by atoms with van der Waals surface area (Å²) in [5.74, 6) is 2.19. The number of nitriles is 1. The lowest BCUT2D eigenvalue weighted by atomic mass is 9.57. The van der Waals surface area contributed by atoms with Gasteiger partial charge >= 0.3 is 0 Å². The van der Waals surface area contributed by atoms with Gasteiger partial charge in [0.2, 0.25) is 0 Å². The highest BCUT2D eigenvalue weighted by atomic mass is 35.5. The van der Waals surface area contributed by atoms with Crippen LogP contribution in [-0.2, 0) is 0 Å². The van der Waals surface area contributed by atoms with Crippen molar-refractivity contribution in [3.63, 3.8) is 0 Å². The van der Waals surface area contributed by atoms with E-state index in [-0.39, 0.29) is 18.1 Å². The van der Waals surface area contributed by atoms with E-state index in [0.29, 0.717) is 39.8 Å². The third-order valence-corrected chi connectivity index (χ3v) is 8.05. The van der Waals surface area contributed by atoms with E-state index in [0.717, 1.165) is 51.0 Å². The van der Waals surface area contributed by atoms with Gasteiger partial charge in [0.05, 0.1) is 22.3 Å². The van der Waals surface area contributed by atoms with Gasteiger partial charge in [-0.25, -0.2) is 4.98 Å². The summed E-state index contributed by atoms with van der Waals surface area (Å²) in [5, 5.41) is 21.6. The molecule has 0 radical (unpaired) electrons. The minimum atomic E-state index is -0.0850. The first-order valence-corrected chi connectivity index (χ1v) is 12.8. The summed E-state index contributed by atoms with van der Waals surface area (Å²) in [4.78, 5) is 19.6. The maximum absolute atomic E-state index is 12.7. The van der Waals surface area contributed by atoms with E-state index >= 15 is 0 Å². The zero-order valence-electron chi connectivity index (χ0n) is 19.8. The minimum Gasteiger partial charge on any atom is -0.490 e. The Morgan fingerprint density at radius 2 is 2.00 bits per heavy atom. The largest absolute Gasteiger partial charge is 0.490 e. The first-order chi connectivity index (χ1) is 17.0. The number of nitrogens with one attached hydrogen (secondary N) is 1. The fourth-order valence-corrected chi connectivity index (χ4v) is 6.10. The minimum absolute atomic E-state index is 0.0718. The van der Waals surface area contributed by atoms with Crippen LogP contribution in [0.1, 0.15) is 60.9 Å². The van der Waals surface area contributed by atoms with Crippen LogP contribution in [0.2, 0.25) is 5.02 Å². The Morgan fingerprint density at radius 1 is 1.23 bits per heavy atom. The molecule has 3 aliphatic rings. The monoisotopic (exact) mass is 494 g/mol. The molecule has 1 aromatic heterocycles. The van der Waals surface area contributed by atoms with E-state index < -0.39 is 0 Å². The lowest BCUT2D eigenvalue weighted by Gasteiger charge is -2.59. The Bertz CT molecular complexity index is 1090. The summed E-state index contributed by atoms with van der Waals surface area (Å²) in [6, 6.07) is 11.1. The van der Waals surface area contributed by atoms with Crippen LogP contribution in [0.25, 0.3) is 0 Å². The van der Waals surface area contributed by atoms with Crippen LogP contribution in [0.4, 0.5) is 5.82 Å². The number of pyridine rings is 1. The molecule has 3 fully saturated rings. The van der Waals surface area contributed by atoms with E-state index in [2.05, 4.69) is 15.2 Å². The fraction of sp³-hybridized carbons (Fsp3) is 0.519. The van der Waals surface area contributed by atoms with Gasteiger partial charge < -0.3 is 20.1 Å². The van der Waals surface area contributed by atoms with Crippen molar-refractivity contribution in [2.45, 2.75) is 57.1 Å². The molecule has 1 saturated heterocycles. The van der Waals surface area contributed by atoms with Crippen molar-refractivity contribution >= 4 is 23.3 Å². The predicted octanol–water partition coefficient (Wildman–Crippen LogP) is 4.33. The molecule has 35 heavy (non-hydrogen) atoms. The third-order valence-electron chi connectivity index (χ3n) is 7.74. The van der Waals surface area contributed by atoms with Crippen molar-refractivity contribution in [3.05, 3.63) is 52.7 Å². The number of carbonyl (C=O) groups is 1. The molecule has 5 rings (SSSR count). The van der Waals surface area contributed by atoms with E-state index in [1.54, 1.807) is 24.4 Å². The molecule has 7 nitrogen and oxygen atoms in total. The normalized spacial score (nSPS) is 23.2. The van der Waals surface area contributed by atoms with Gasteiger partial charge in [-0.05, 0) is 75.1 Å². The van der Waals surface area contributed by atoms with Crippen LogP contribution in [0, 0.1) is 22.7 Å². The number of aromatic nitrogens is 1. The zero-order valence-corrected chi connectivity index (χ0v) is 20.5. The first-order valence-electron chi connectivity index (χ1n) is 12.5. The Morgan fingerprint density at radius 3 is 2.63 bits per heavy atom. The highest BCUT2D eigenvalue weighted by molar-refractivity contribution is 6.31. The number of benzene rings is 1. The number of carbonyl (C=O) groups excluding carboxylic acids is 1. The number of anilines is 1. The molecule has 2 N–H and O–H groups in total. The van der Waals surface area contributed by atoms with Crippen molar-refractivity contribution in [2.24, 2.45) is 11.3 Å². The van der Waals surface area contributed by atoms with E-state index in [4.69, 9.17) is 26.7 Å². The van der Waals surface area contributed by atoms with Crippen LogP contribution >= 0.6 is 11.6 Å². The number of nitrogens with zero attached hydrogens (tertiary/aromatic N) is 3. The molecular weight excluding hydrogens is 464 g/mol. The average Bonchev–Trinajstić information content (AvgIpc) is 2.81. The summed E-state index contributed by atoms with van der Waals surface area (Å²) in [6.45, 7) is 2.33. The molecule has 2 aromatic rings. The lowest BCUT2D eigenvalue weighted by Crippen LogP contribution is -2.62. The molecule has 2 saturated carbocycles. The van der Waals surface area contributed by atoms with E-state index in [9.17, 15) is 4.79 Å². The Labute approximate surface area is 211 Å². The van der Waals surface area contributed by atoms with Crippen LogP contribution in [0.5, 0.6) is 5.75 Å². The number of rotatable bonds is 7. The number of halogens is 1. The van der Waals surface area contributed by atoms with Crippen LogP contribution in [-0.4, -0.2) is 47.8 Å². The fourth-order valence-electron chi connectivity index (χ4n) is 5.89. The smallest absolute Gasteiger partial charge is 0.253 e. The molecule has 0 bridgehead atoms. The standard InChI is InChI=1S/C27H31ClN4O3/c28-24-11-23(5-1-19(24)14-29)35-22-6-3-21(4-7-22)31-26(34)20-2-8-25(30-15-20)32-16-27(17-32)12-18(13-27)9-10-33/h1-2,5,8,11,15,18,21-22,33H,3-4,6-7,9-10,12-13,16-17H2,(H,31,34). The molecule has 8 heteroatoms. The number of aliphatic hydroxyl groups excluding tert-OH is 1. The molecule has 1 spiro atoms. The van der Waals surface area contributed by atoms with E-state index in [1.165, 1.54) is 12.8 Å². The van der Waals surface area contributed by atoms with Crippen LogP contribution < -0.4 is 15.0 Å². The summed E-state index contributed by atoms with van der Waals surface area (Å²) >= 11 is 6.10. The van der Waals surface area contributed by atoms with Crippen molar-refractivity contribution in [3.8, 4) is 11.8 Å². The second-order valence-corrected chi connectivity index (χ2v) is 10.8. The molecule has 2 aliphatic carbocycles. The van der Waals surface area contributed by atoms with Crippen molar-refractivity contribution in [1.82, 2.24) is 10.3 Å². The predicted molar refractivity (Wildman–Crippen MR) is 134 cm³/mol. The molecule has 184 valence electrons. The first kappa shape index (κ1) is 23.9. The van der Waals surface area contributed by atoms with Gasteiger partial charge in [0.1, 0.15) is 17.6 Å². The van der Waals surface area contributed by atoms with Crippen molar-refractivity contribution < 1.29 is 14.6 Å². The van der Waals surface area contributed by atoms with E-state index in [1.807, 2.05) is 18.2 Å². The summed E-state index contributed by atoms with van der Waals surface area (Å²) < 4.78 is 6.04. The molecular formula is C27H31ClN4O3. The Balaban J connectivity index is 1.05.